The van der Waals surface area contributed by atoms with Gasteiger partial charge in [0.05, 0.1) is 10.7 Å². The Balaban J connectivity index is 3.06. The molecule has 0 saturated heterocycles. The van der Waals surface area contributed by atoms with Gasteiger partial charge in [0.2, 0.25) is 0 Å². The number of benzene rings is 1. The molecule has 0 aliphatic heterocycles. The summed E-state index contributed by atoms with van der Waals surface area (Å²) >= 11 is 6.40. The first-order valence-electron chi connectivity index (χ1n) is 6.35. The third-order valence-corrected chi connectivity index (χ3v) is 3.47. The molecule has 1 unspecified atom stereocenters. The highest BCUT2D eigenvalue weighted by atomic mass is 35.5. The maximum atomic E-state index is 6.40. The molecule has 0 saturated carbocycles. The molecule has 0 aliphatic carbocycles. The Morgan fingerprint density at radius 1 is 1.39 bits per heavy atom. The Morgan fingerprint density at radius 3 is 2.50 bits per heavy atom. The van der Waals surface area contributed by atoms with Crippen molar-refractivity contribution in [1.29, 1.82) is 0 Å². The summed E-state index contributed by atoms with van der Waals surface area (Å²) in [5, 5.41) is 4.01. The maximum absolute atomic E-state index is 6.40. The molecule has 100 valence electrons. The molecule has 0 amide bonds. The van der Waals surface area contributed by atoms with E-state index in [2.05, 4.69) is 49.7 Å². The van der Waals surface area contributed by atoms with Crippen LogP contribution >= 0.6 is 11.6 Å². The minimum atomic E-state index is 0.309. The Labute approximate surface area is 116 Å². The molecule has 0 heterocycles. The highest BCUT2D eigenvalue weighted by molar-refractivity contribution is 6.33. The molecule has 0 aromatic heterocycles. The topological polar surface area (TPSA) is 15.3 Å². The zero-order chi connectivity index (χ0) is 13.7. The third-order valence-electron chi connectivity index (χ3n) is 3.16. The fourth-order valence-corrected chi connectivity index (χ4v) is 2.22. The summed E-state index contributed by atoms with van der Waals surface area (Å²) in [5.74, 6) is 0. The highest BCUT2D eigenvalue weighted by Crippen LogP contribution is 2.30. The summed E-state index contributed by atoms with van der Waals surface area (Å²) in [6, 6.07) is 6.96. The Bertz CT molecular complexity index is 401. The van der Waals surface area contributed by atoms with Crippen molar-refractivity contribution in [3.8, 4) is 0 Å². The van der Waals surface area contributed by atoms with Gasteiger partial charge in [-0.1, -0.05) is 23.7 Å². The summed E-state index contributed by atoms with van der Waals surface area (Å²) in [5.41, 5.74) is 2.27. The van der Waals surface area contributed by atoms with Crippen LogP contribution in [0.3, 0.4) is 0 Å². The lowest BCUT2D eigenvalue weighted by Crippen LogP contribution is -2.31. The van der Waals surface area contributed by atoms with Crippen LogP contribution in [0, 0.1) is 0 Å². The van der Waals surface area contributed by atoms with Crippen molar-refractivity contribution < 1.29 is 0 Å². The monoisotopic (exact) mass is 266 g/mol. The number of hydrogen-bond donors (Lipinski definition) is 1. The molecule has 1 N–H and O–H groups in total. The molecule has 0 fully saturated rings. The van der Waals surface area contributed by atoms with Gasteiger partial charge in [-0.2, -0.15) is 0 Å². The number of halogens is 1. The van der Waals surface area contributed by atoms with E-state index in [1.807, 2.05) is 19.2 Å². The minimum Gasteiger partial charge on any atom is -0.364 e. The van der Waals surface area contributed by atoms with Crippen LogP contribution in [0.2, 0.25) is 5.02 Å². The molecule has 18 heavy (non-hydrogen) atoms. The first-order chi connectivity index (χ1) is 8.51. The van der Waals surface area contributed by atoms with Crippen molar-refractivity contribution in [2.24, 2.45) is 0 Å². The van der Waals surface area contributed by atoms with Crippen molar-refractivity contribution in [2.45, 2.75) is 32.9 Å². The largest absolute Gasteiger partial charge is 0.364 e. The van der Waals surface area contributed by atoms with Gasteiger partial charge in [0, 0.05) is 18.6 Å². The quantitative estimate of drug-likeness (QED) is 0.783. The Kier molecular flexibility index (Phi) is 5.70. The molecule has 1 atom stereocenters. The number of rotatable bonds is 6. The van der Waals surface area contributed by atoms with Crippen molar-refractivity contribution >= 4 is 17.3 Å². The van der Waals surface area contributed by atoms with Crippen LogP contribution in [0.25, 0.3) is 0 Å². The zero-order valence-electron chi connectivity index (χ0n) is 11.7. The molecule has 3 heteroatoms. The fourth-order valence-electron chi connectivity index (χ4n) is 1.92. The van der Waals surface area contributed by atoms with Crippen molar-refractivity contribution in [1.82, 2.24) is 5.32 Å². The standard InChI is InChI=1S/C15H23ClN2/c1-6-9-18(11(2)3)15-8-7-13(10-14(15)16)12(4)17-5/h6-8,10-12,17H,1,9H2,2-5H3. The lowest BCUT2D eigenvalue weighted by Gasteiger charge is -2.29. The van der Waals surface area contributed by atoms with Gasteiger partial charge in [0.1, 0.15) is 0 Å². The first kappa shape index (κ1) is 15.1. The van der Waals surface area contributed by atoms with E-state index in [-0.39, 0.29) is 0 Å². The van der Waals surface area contributed by atoms with Gasteiger partial charge in [0.15, 0.2) is 0 Å². The average molecular weight is 267 g/mol. The third kappa shape index (κ3) is 3.50. The first-order valence-corrected chi connectivity index (χ1v) is 6.73. The summed E-state index contributed by atoms with van der Waals surface area (Å²) < 4.78 is 0. The minimum absolute atomic E-state index is 0.309. The molecule has 1 aromatic carbocycles. The number of nitrogens with zero attached hydrogens (tertiary/aromatic N) is 1. The van der Waals surface area contributed by atoms with Gasteiger partial charge >= 0.3 is 0 Å². The van der Waals surface area contributed by atoms with Gasteiger partial charge in [-0.3, -0.25) is 0 Å². The Morgan fingerprint density at radius 2 is 2.06 bits per heavy atom. The Hall–Kier alpha value is -0.990. The second-order valence-corrected chi connectivity index (χ2v) is 5.16. The van der Waals surface area contributed by atoms with Gasteiger partial charge in [-0.15, -0.1) is 6.58 Å². The summed E-state index contributed by atoms with van der Waals surface area (Å²) in [6.45, 7) is 11.0. The molecule has 2 nitrogen and oxygen atoms in total. The molecule has 0 spiro atoms. The van der Waals surface area contributed by atoms with Gasteiger partial charge in [-0.05, 0) is 45.5 Å². The van der Waals surface area contributed by atoms with Crippen LogP contribution in [-0.2, 0) is 0 Å². The van der Waals surface area contributed by atoms with Gasteiger partial charge in [0.25, 0.3) is 0 Å². The summed E-state index contributed by atoms with van der Waals surface area (Å²) in [4.78, 5) is 2.24. The zero-order valence-corrected chi connectivity index (χ0v) is 12.5. The lowest BCUT2D eigenvalue weighted by molar-refractivity contribution is 0.652. The maximum Gasteiger partial charge on any atom is 0.0643 e. The van der Waals surface area contributed by atoms with Gasteiger partial charge < -0.3 is 10.2 Å². The van der Waals surface area contributed by atoms with E-state index < -0.39 is 0 Å². The lowest BCUT2D eigenvalue weighted by atomic mass is 10.1. The number of anilines is 1. The molecule has 0 radical (unpaired) electrons. The SMILES string of the molecule is C=CCN(c1ccc(C(C)NC)cc1Cl)C(C)C. The van der Waals surface area contributed by atoms with Crippen LogP contribution in [0.5, 0.6) is 0 Å². The molecular weight excluding hydrogens is 244 g/mol. The van der Waals surface area contributed by atoms with E-state index in [0.29, 0.717) is 12.1 Å². The second kappa shape index (κ2) is 6.81. The van der Waals surface area contributed by atoms with Crippen LogP contribution in [0.15, 0.2) is 30.9 Å². The van der Waals surface area contributed by atoms with Crippen LogP contribution in [-0.4, -0.2) is 19.6 Å². The van der Waals surface area contributed by atoms with E-state index >= 15 is 0 Å². The molecule has 0 aliphatic rings. The van der Waals surface area contributed by atoms with Crippen molar-refractivity contribution in [3.63, 3.8) is 0 Å². The predicted molar refractivity (Wildman–Crippen MR) is 81.6 cm³/mol. The normalized spacial score (nSPS) is 12.6. The van der Waals surface area contributed by atoms with Crippen molar-refractivity contribution in [3.05, 3.63) is 41.4 Å². The average Bonchev–Trinajstić information content (AvgIpc) is 2.35. The van der Waals surface area contributed by atoms with Crippen LogP contribution in [0.4, 0.5) is 5.69 Å². The number of hydrogen-bond acceptors (Lipinski definition) is 2. The van der Waals surface area contributed by atoms with Crippen molar-refractivity contribution in [2.75, 3.05) is 18.5 Å². The molecule has 1 rings (SSSR count). The van der Waals surface area contributed by atoms with E-state index in [1.54, 1.807) is 0 Å². The van der Waals surface area contributed by atoms with E-state index in [1.165, 1.54) is 5.56 Å². The van der Waals surface area contributed by atoms with Crippen LogP contribution < -0.4 is 10.2 Å². The summed E-state index contributed by atoms with van der Waals surface area (Å²) in [6.07, 6.45) is 1.90. The fraction of sp³-hybridized carbons (Fsp3) is 0.467. The molecular formula is C15H23ClN2. The van der Waals surface area contributed by atoms with E-state index in [0.717, 1.165) is 17.3 Å². The van der Waals surface area contributed by atoms with E-state index in [4.69, 9.17) is 11.6 Å². The van der Waals surface area contributed by atoms with Crippen LogP contribution in [0.1, 0.15) is 32.4 Å². The molecule has 0 bridgehead atoms. The number of nitrogens with one attached hydrogen (secondary N) is 1. The van der Waals surface area contributed by atoms with Gasteiger partial charge in [-0.25, -0.2) is 0 Å². The summed E-state index contributed by atoms with van der Waals surface area (Å²) in [7, 11) is 1.95. The predicted octanol–water partition coefficient (Wildman–Crippen LogP) is 4.02. The highest BCUT2D eigenvalue weighted by Gasteiger charge is 2.14. The van der Waals surface area contributed by atoms with E-state index in [9.17, 15) is 0 Å². The smallest absolute Gasteiger partial charge is 0.0643 e. The molecule has 1 aromatic rings. The second-order valence-electron chi connectivity index (χ2n) is 4.76.